The molecule has 0 spiro atoms. The highest BCUT2D eigenvalue weighted by Gasteiger charge is 2.16. The van der Waals surface area contributed by atoms with E-state index in [0.29, 0.717) is 28.8 Å². The zero-order valence-corrected chi connectivity index (χ0v) is 14.8. The summed E-state index contributed by atoms with van der Waals surface area (Å²) in [6, 6.07) is 11.5. The Labute approximate surface area is 150 Å². The normalized spacial score (nSPS) is 11.4. The zero-order valence-electron chi connectivity index (χ0n) is 14.8. The summed E-state index contributed by atoms with van der Waals surface area (Å²) in [4.78, 5) is 9.02. The summed E-state index contributed by atoms with van der Waals surface area (Å²) in [7, 11) is 1.64. The summed E-state index contributed by atoms with van der Waals surface area (Å²) < 4.78 is 12.4. The third kappa shape index (κ3) is 2.67. The van der Waals surface area contributed by atoms with Gasteiger partial charge in [-0.2, -0.15) is 4.52 Å². The molecule has 0 atom stereocenters. The van der Waals surface area contributed by atoms with Crippen LogP contribution in [0.15, 0.2) is 47.1 Å². The molecule has 0 saturated carbocycles. The Balaban J connectivity index is 1.89. The average Bonchev–Trinajstić information content (AvgIpc) is 3.30. The van der Waals surface area contributed by atoms with Gasteiger partial charge in [-0.15, -0.1) is 5.10 Å². The van der Waals surface area contributed by atoms with E-state index in [9.17, 15) is 0 Å². The lowest BCUT2D eigenvalue weighted by atomic mass is 9.99. The number of benzene rings is 1. The molecule has 0 aliphatic heterocycles. The van der Waals surface area contributed by atoms with Crippen LogP contribution in [0.4, 0.5) is 5.95 Å². The topological polar surface area (TPSA) is 91.5 Å². The van der Waals surface area contributed by atoms with Crippen LogP contribution >= 0.6 is 0 Å². The maximum absolute atomic E-state index is 6.13. The van der Waals surface area contributed by atoms with Crippen LogP contribution in [-0.2, 0) is 0 Å². The van der Waals surface area contributed by atoms with E-state index in [0.717, 1.165) is 11.3 Å². The van der Waals surface area contributed by atoms with E-state index in [2.05, 4.69) is 41.0 Å². The van der Waals surface area contributed by atoms with E-state index in [1.165, 1.54) is 10.1 Å². The van der Waals surface area contributed by atoms with Crippen molar-refractivity contribution in [1.82, 2.24) is 19.6 Å². The van der Waals surface area contributed by atoms with Crippen LogP contribution < -0.4 is 10.5 Å². The fraction of sp³-hybridized carbons (Fsp3) is 0.211. The molecule has 0 aliphatic carbocycles. The first-order valence-electron chi connectivity index (χ1n) is 8.32. The zero-order chi connectivity index (χ0) is 18.3. The third-order valence-electron chi connectivity index (χ3n) is 4.26. The van der Waals surface area contributed by atoms with Gasteiger partial charge in [-0.25, -0.2) is 9.97 Å². The van der Waals surface area contributed by atoms with Gasteiger partial charge in [-0.05, 0) is 35.7 Å². The smallest absolute Gasteiger partial charge is 0.223 e. The molecule has 3 aromatic heterocycles. The van der Waals surface area contributed by atoms with Gasteiger partial charge in [-0.1, -0.05) is 19.9 Å². The summed E-state index contributed by atoms with van der Waals surface area (Å²) >= 11 is 0. The summed E-state index contributed by atoms with van der Waals surface area (Å²) in [5, 5.41) is 4.37. The van der Waals surface area contributed by atoms with E-state index >= 15 is 0 Å². The van der Waals surface area contributed by atoms with Crippen LogP contribution in [0.5, 0.6) is 5.75 Å². The van der Waals surface area contributed by atoms with Gasteiger partial charge >= 0.3 is 0 Å². The maximum Gasteiger partial charge on any atom is 0.223 e. The minimum Gasteiger partial charge on any atom is -0.496 e. The molecule has 0 radical (unpaired) electrons. The van der Waals surface area contributed by atoms with Gasteiger partial charge in [0.15, 0.2) is 11.4 Å². The van der Waals surface area contributed by atoms with Gasteiger partial charge in [0.1, 0.15) is 5.75 Å². The summed E-state index contributed by atoms with van der Waals surface area (Å²) in [5.41, 5.74) is 9.47. The molecule has 7 nitrogen and oxygen atoms in total. The minimum atomic E-state index is 0.250. The van der Waals surface area contributed by atoms with Crippen molar-refractivity contribution in [1.29, 1.82) is 0 Å². The molecule has 2 N–H and O–H groups in total. The van der Waals surface area contributed by atoms with Crippen LogP contribution in [0.2, 0.25) is 0 Å². The van der Waals surface area contributed by atoms with Gasteiger partial charge < -0.3 is 14.9 Å². The molecule has 0 unspecified atom stereocenters. The van der Waals surface area contributed by atoms with Crippen molar-refractivity contribution < 1.29 is 9.15 Å². The standard InChI is InChI=1S/C19H19N5O2/c1-11(2)12-6-7-15(25-3)13(9-12)14-10-17-22-18(16-5-4-8-26-16)23-24(17)19(20)21-14/h4-11H,1-3H3,(H2,20,21). The highest BCUT2D eigenvalue weighted by molar-refractivity contribution is 5.72. The lowest BCUT2D eigenvalue weighted by Crippen LogP contribution is -2.04. The fourth-order valence-corrected chi connectivity index (χ4v) is 2.84. The van der Waals surface area contributed by atoms with E-state index in [-0.39, 0.29) is 5.95 Å². The predicted octanol–water partition coefficient (Wildman–Crippen LogP) is 3.77. The van der Waals surface area contributed by atoms with Crippen molar-refractivity contribution in [3.05, 3.63) is 48.2 Å². The molecule has 132 valence electrons. The summed E-state index contributed by atoms with van der Waals surface area (Å²) in [5.74, 6) is 2.41. The van der Waals surface area contributed by atoms with Crippen molar-refractivity contribution >= 4 is 11.6 Å². The van der Waals surface area contributed by atoms with Crippen molar-refractivity contribution in [2.24, 2.45) is 0 Å². The average molecular weight is 349 g/mol. The number of rotatable bonds is 4. The van der Waals surface area contributed by atoms with Crippen LogP contribution in [0.1, 0.15) is 25.3 Å². The molecule has 0 bridgehead atoms. The van der Waals surface area contributed by atoms with Crippen molar-refractivity contribution in [2.75, 3.05) is 12.8 Å². The first-order valence-corrected chi connectivity index (χ1v) is 8.32. The Morgan fingerprint density at radius 3 is 2.69 bits per heavy atom. The minimum absolute atomic E-state index is 0.250. The second kappa shape index (κ2) is 6.18. The number of furan rings is 1. The summed E-state index contributed by atoms with van der Waals surface area (Å²) in [6.07, 6.45) is 1.58. The number of fused-ring (bicyclic) bond motifs is 1. The lowest BCUT2D eigenvalue weighted by Gasteiger charge is -2.13. The van der Waals surface area contributed by atoms with Crippen LogP contribution in [0.3, 0.4) is 0 Å². The van der Waals surface area contributed by atoms with Gasteiger partial charge in [0.2, 0.25) is 11.8 Å². The molecule has 26 heavy (non-hydrogen) atoms. The first-order chi connectivity index (χ1) is 12.6. The Morgan fingerprint density at radius 2 is 2.00 bits per heavy atom. The molecule has 0 aliphatic rings. The summed E-state index contributed by atoms with van der Waals surface area (Å²) in [6.45, 7) is 4.29. The largest absolute Gasteiger partial charge is 0.496 e. The number of ether oxygens (including phenoxy) is 1. The number of nitrogens with zero attached hydrogens (tertiary/aromatic N) is 4. The van der Waals surface area contributed by atoms with E-state index < -0.39 is 0 Å². The molecule has 4 aromatic rings. The number of anilines is 1. The molecule has 7 heteroatoms. The van der Waals surface area contributed by atoms with Crippen molar-refractivity contribution in [3.63, 3.8) is 0 Å². The Kier molecular flexibility index (Phi) is 3.84. The monoisotopic (exact) mass is 349 g/mol. The van der Waals surface area contributed by atoms with Gasteiger partial charge in [0.05, 0.1) is 19.1 Å². The molecule has 3 heterocycles. The molecule has 0 saturated heterocycles. The van der Waals surface area contributed by atoms with E-state index in [4.69, 9.17) is 14.9 Å². The third-order valence-corrected chi connectivity index (χ3v) is 4.26. The van der Waals surface area contributed by atoms with Crippen LogP contribution in [0.25, 0.3) is 28.5 Å². The molecule has 0 amide bonds. The number of hydrogen-bond donors (Lipinski definition) is 1. The Bertz CT molecular complexity index is 1070. The Morgan fingerprint density at radius 1 is 1.15 bits per heavy atom. The number of nitrogen functional groups attached to an aromatic ring is 1. The van der Waals surface area contributed by atoms with Crippen LogP contribution in [0, 0.1) is 0 Å². The molecule has 0 fully saturated rings. The van der Waals surface area contributed by atoms with Gasteiger partial charge in [0, 0.05) is 11.6 Å². The first kappa shape index (κ1) is 16.1. The quantitative estimate of drug-likeness (QED) is 0.603. The molecular formula is C19H19N5O2. The second-order valence-corrected chi connectivity index (χ2v) is 6.30. The number of hydrogen-bond acceptors (Lipinski definition) is 6. The number of aromatic nitrogens is 4. The van der Waals surface area contributed by atoms with E-state index in [1.54, 1.807) is 25.5 Å². The highest BCUT2D eigenvalue weighted by Crippen LogP contribution is 2.33. The maximum atomic E-state index is 6.13. The van der Waals surface area contributed by atoms with Crippen molar-refractivity contribution in [2.45, 2.75) is 19.8 Å². The van der Waals surface area contributed by atoms with Crippen molar-refractivity contribution in [3.8, 4) is 28.6 Å². The highest BCUT2D eigenvalue weighted by atomic mass is 16.5. The lowest BCUT2D eigenvalue weighted by molar-refractivity contribution is 0.416. The van der Waals surface area contributed by atoms with Crippen LogP contribution in [-0.4, -0.2) is 26.7 Å². The second-order valence-electron chi connectivity index (χ2n) is 6.30. The fourth-order valence-electron chi connectivity index (χ4n) is 2.84. The molecule has 4 rings (SSSR count). The van der Waals surface area contributed by atoms with Gasteiger partial charge in [0.25, 0.3) is 0 Å². The SMILES string of the molecule is COc1ccc(C(C)C)cc1-c1cc2nc(-c3ccco3)nn2c(N)n1. The molecule has 1 aromatic carbocycles. The van der Waals surface area contributed by atoms with E-state index in [1.807, 2.05) is 12.1 Å². The van der Waals surface area contributed by atoms with Gasteiger partial charge in [-0.3, -0.25) is 0 Å². The Hall–Kier alpha value is -3.35. The number of nitrogens with two attached hydrogens (primary N) is 1. The number of methoxy groups -OCH3 is 1. The predicted molar refractivity (Wildman–Crippen MR) is 99.0 cm³/mol. The molecular weight excluding hydrogens is 330 g/mol.